The molecule has 3 aromatic heterocycles. The van der Waals surface area contributed by atoms with Gasteiger partial charge in [0.25, 0.3) is 0 Å². The molecule has 0 spiro atoms. The van der Waals surface area contributed by atoms with Gasteiger partial charge >= 0.3 is 0 Å². The van der Waals surface area contributed by atoms with Crippen molar-refractivity contribution >= 4 is 11.8 Å². The standard InChI is InChI=1S/C25H29N5O2S/c1-18-28-24(19-7-9-20(31-2)10-8-19)22(32-18)15-33-23-6-4-3-5-21(29-13-11-26-16-29)25(23)30-14-12-27-17-30/h7-14,16-17,21,23,25H,3-6,15H2,1-2H3. The summed E-state index contributed by atoms with van der Waals surface area (Å²) in [7, 11) is 1.68. The lowest BCUT2D eigenvalue weighted by Crippen LogP contribution is -2.29. The van der Waals surface area contributed by atoms with E-state index < -0.39 is 0 Å². The topological polar surface area (TPSA) is 70.9 Å². The molecular weight excluding hydrogens is 434 g/mol. The van der Waals surface area contributed by atoms with Crippen molar-refractivity contribution < 1.29 is 9.15 Å². The molecule has 1 aliphatic carbocycles. The van der Waals surface area contributed by atoms with Crippen molar-refractivity contribution in [2.45, 2.75) is 55.7 Å². The number of aryl methyl sites for hydroxylation is 1. The van der Waals surface area contributed by atoms with Crippen LogP contribution in [0.1, 0.15) is 49.4 Å². The number of thioether (sulfide) groups is 1. The SMILES string of the molecule is COc1ccc(-c2nc(C)oc2CSC2CCCCC(n3ccnc3)C2n2ccnc2)cc1. The first-order chi connectivity index (χ1) is 16.2. The Hall–Kier alpha value is -3.00. The summed E-state index contributed by atoms with van der Waals surface area (Å²) < 4.78 is 15.9. The summed E-state index contributed by atoms with van der Waals surface area (Å²) in [5.41, 5.74) is 1.97. The summed E-state index contributed by atoms with van der Waals surface area (Å²) in [6, 6.07) is 8.65. The molecule has 1 aromatic carbocycles. The molecule has 5 rings (SSSR count). The van der Waals surface area contributed by atoms with Gasteiger partial charge in [-0.25, -0.2) is 15.0 Å². The molecule has 0 N–H and O–H groups in total. The normalized spacial score (nSPS) is 21.1. The maximum absolute atomic E-state index is 6.08. The fourth-order valence-electron chi connectivity index (χ4n) is 4.82. The number of imidazole rings is 2. The first-order valence-electron chi connectivity index (χ1n) is 11.4. The van der Waals surface area contributed by atoms with Gasteiger partial charge in [-0.05, 0) is 37.1 Å². The van der Waals surface area contributed by atoms with Crippen molar-refractivity contribution in [2.24, 2.45) is 0 Å². The maximum atomic E-state index is 6.08. The van der Waals surface area contributed by atoms with Gasteiger partial charge in [0.15, 0.2) is 5.89 Å². The van der Waals surface area contributed by atoms with E-state index >= 15 is 0 Å². The molecule has 3 heterocycles. The molecule has 4 aromatic rings. The van der Waals surface area contributed by atoms with E-state index in [1.807, 2.05) is 68.0 Å². The molecule has 7 nitrogen and oxygen atoms in total. The van der Waals surface area contributed by atoms with Crippen LogP contribution in [-0.4, -0.2) is 36.4 Å². The number of nitrogens with zero attached hydrogens (tertiary/aromatic N) is 5. The number of oxazole rings is 1. The van der Waals surface area contributed by atoms with Crippen molar-refractivity contribution in [3.63, 3.8) is 0 Å². The van der Waals surface area contributed by atoms with Gasteiger partial charge in [0, 0.05) is 42.5 Å². The number of benzene rings is 1. The highest BCUT2D eigenvalue weighted by Gasteiger charge is 2.34. The van der Waals surface area contributed by atoms with Gasteiger partial charge in [0.2, 0.25) is 0 Å². The minimum absolute atomic E-state index is 0.294. The van der Waals surface area contributed by atoms with Crippen LogP contribution in [0, 0.1) is 6.92 Å². The van der Waals surface area contributed by atoms with Crippen LogP contribution in [-0.2, 0) is 5.75 Å². The average Bonchev–Trinajstić information content (AvgIpc) is 3.59. The van der Waals surface area contributed by atoms with E-state index in [9.17, 15) is 0 Å². The number of aromatic nitrogens is 5. The second-order valence-corrected chi connectivity index (χ2v) is 9.67. The van der Waals surface area contributed by atoms with E-state index in [2.05, 4.69) is 31.5 Å². The second kappa shape index (κ2) is 9.87. The predicted molar refractivity (Wildman–Crippen MR) is 129 cm³/mol. The van der Waals surface area contributed by atoms with Gasteiger partial charge in [-0.15, -0.1) is 11.8 Å². The molecule has 172 valence electrons. The van der Waals surface area contributed by atoms with Crippen LogP contribution in [0.4, 0.5) is 0 Å². The fourth-order valence-corrected chi connectivity index (χ4v) is 6.24. The first-order valence-corrected chi connectivity index (χ1v) is 12.4. The van der Waals surface area contributed by atoms with Crippen LogP contribution >= 0.6 is 11.8 Å². The first kappa shape index (κ1) is 21.8. The Balaban J connectivity index is 1.41. The van der Waals surface area contributed by atoms with Crippen LogP contribution < -0.4 is 4.74 Å². The van der Waals surface area contributed by atoms with E-state index in [4.69, 9.17) is 14.1 Å². The lowest BCUT2D eigenvalue weighted by atomic mass is 10.0. The minimum Gasteiger partial charge on any atom is -0.497 e. The number of hydrogen-bond acceptors (Lipinski definition) is 6. The molecule has 3 unspecified atom stereocenters. The van der Waals surface area contributed by atoms with Crippen molar-refractivity contribution in [2.75, 3.05) is 7.11 Å². The van der Waals surface area contributed by atoms with Gasteiger partial charge in [-0.1, -0.05) is 12.8 Å². The average molecular weight is 464 g/mol. The highest BCUT2D eigenvalue weighted by Crippen LogP contribution is 2.43. The van der Waals surface area contributed by atoms with Crippen molar-refractivity contribution in [1.82, 2.24) is 24.1 Å². The minimum atomic E-state index is 0.294. The molecule has 3 atom stereocenters. The summed E-state index contributed by atoms with van der Waals surface area (Å²) in [6.45, 7) is 1.91. The number of rotatable bonds is 7. The van der Waals surface area contributed by atoms with E-state index in [1.165, 1.54) is 12.8 Å². The van der Waals surface area contributed by atoms with E-state index in [1.54, 1.807) is 7.11 Å². The van der Waals surface area contributed by atoms with Crippen LogP contribution in [0.5, 0.6) is 5.75 Å². The summed E-state index contributed by atoms with van der Waals surface area (Å²) in [4.78, 5) is 13.4. The molecule has 1 fully saturated rings. The van der Waals surface area contributed by atoms with Crippen LogP contribution in [0.25, 0.3) is 11.3 Å². The Labute approximate surface area is 198 Å². The second-order valence-electron chi connectivity index (χ2n) is 8.44. The summed E-state index contributed by atoms with van der Waals surface area (Å²) in [5, 5.41) is 0.420. The van der Waals surface area contributed by atoms with Gasteiger partial charge in [-0.2, -0.15) is 0 Å². The highest BCUT2D eigenvalue weighted by atomic mass is 32.2. The highest BCUT2D eigenvalue weighted by molar-refractivity contribution is 7.99. The summed E-state index contributed by atoms with van der Waals surface area (Å²) in [6.07, 6.45) is 16.5. The van der Waals surface area contributed by atoms with Gasteiger partial charge in [-0.3, -0.25) is 0 Å². The van der Waals surface area contributed by atoms with Gasteiger partial charge in [0.1, 0.15) is 17.2 Å². The van der Waals surface area contributed by atoms with Crippen LogP contribution in [0.15, 0.2) is 66.1 Å². The lowest BCUT2D eigenvalue weighted by Gasteiger charge is -2.33. The van der Waals surface area contributed by atoms with E-state index in [0.717, 1.165) is 41.4 Å². The summed E-state index contributed by atoms with van der Waals surface area (Å²) >= 11 is 1.96. The largest absolute Gasteiger partial charge is 0.497 e. The molecule has 0 bridgehead atoms. The number of hydrogen-bond donors (Lipinski definition) is 0. The van der Waals surface area contributed by atoms with Crippen molar-refractivity contribution in [3.8, 4) is 17.0 Å². The Kier molecular flexibility index (Phi) is 6.53. The third-order valence-corrected chi connectivity index (χ3v) is 7.76. The van der Waals surface area contributed by atoms with Crippen molar-refractivity contribution in [3.05, 3.63) is 73.4 Å². The predicted octanol–water partition coefficient (Wildman–Crippen LogP) is 5.71. The molecule has 33 heavy (non-hydrogen) atoms. The molecule has 1 aliphatic rings. The maximum Gasteiger partial charge on any atom is 0.191 e. The molecule has 0 saturated heterocycles. The summed E-state index contributed by atoms with van der Waals surface area (Å²) in [5.74, 6) is 3.23. The quantitative estimate of drug-likeness (QED) is 0.327. The molecule has 0 radical (unpaired) electrons. The Bertz CT molecular complexity index is 1140. The molecule has 0 aliphatic heterocycles. The Morgan fingerprint density at radius 1 is 1.03 bits per heavy atom. The smallest absolute Gasteiger partial charge is 0.191 e. The Morgan fingerprint density at radius 3 is 2.45 bits per heavy atom. The number of ether oxygens (including phenoxy) is 1. The Morgan fingerprint density at radius 2 is 1.76 bits per heavy atom. The zero-order valence-electron chi connectivity index (χ0n) is 19.0. The monoisotopic (exact) mass is 463 g/mol. The molecule has 1 saturated carbocycles. The molecule has 8 heteroatoms. The fraction of sp³-hybridized carbons (Fsp3) is 0.400. The lowest BCUT2D eigenvalue weighted by molar-refractivity contribution is 0.313. The third-order valence-electron chi connectivity index (χ3n) is 6.39. The zero-order chi connectivity index (χ0) is 22.6. The van der Waals surface area contributed by atoms with Crippen LogP contribution in [0.3, 0.4) is 0 Å². The van der Waals surface area contributed by atoms with E-state index in [-0.39, 0.29) is 0 Å². The third kappa shape index (κ3) is 4.71. The molecular formula is C25H29N5O2S. The molecule has 0 amide bonds. The van der Waals surface area contributed by atoms with Gasteiger partial charge in [0.05, 0.1) is 37.6 Å². The van der Waals surface area contributed by atoms with Crippen molar-refractivity contribution in [1.29, 1.82) is 0 Å². The van der Waals surface area contributed by atoms with E-state index in [0.29, 0.717) is 23.2 Å². The van der Waals surface area contributed by atoms with Gasteiger partial charge < -0.3 is 18.3 Å². The number of methoxy groups -OCH3 is 1. The zero-order valence-corrected chi connectivity index (χ0v) is 19.8. The van der Waals surface area contributed by atoms with Crippen LogP contribution in [0.2, 0.25) is 0 Å².